The summed E-state index contributed by atoms with van der Waals surface area (Å²) in [7, 11) is 0. The van der Waals surface area contributed by atoms with E-state index in [0.29, 0.717) is 18.8 Å². The van der Waals surface area contributed by atoms with E-state index in [4.69, 9.17) is 0 Å². The van der Waals surface area contributed by atoms with Crippen molar-refractivity contribution in [3.8, 4) is 0 Å². The van der Waals surface area contributed by atoms with Crippen LogP contribution in [0.3, 0.4) is 0 Å². The summed E-state index contributed by atoms with van der Waals surface area (Å²) in [5, 5.41) is 2.26. The summed E-state index contributed by atoms with van der Waals surface area (Å²) in [6.07, 6.45) is 2.47. The van der Waals surface area contributed by atoms with Gasteiger partial charge in [0, 0.05) is 18.8 Å². The average molecular weight is 338 g/mol. The Morgan fingerprint density at radius 3 is 2.42 bits per heavy atom. The molecule has 1 fully saturated rings. The number of carbonyl (C=O) groups excluding carboxylic acids is 3. The molecule has 24 heavy (non-hydrogen) atoms. The van der Waals surface area contributed by atoms with E-state index in [2.05, 4.69) is 29.1 Å². The molecule has 136 valence electrons. The lowest BCUT2D eigenvalue weighted by molar-refractivity contribution is -0.139. The third-order valence-electron chi connectivity index (χ3n) is 4.29. The minimum Gasteiger partial charge on any atom is -0.304 e. The van der Waals surface area contributed by atoms with Crippen LogP contribution < -0.4 is 5.32 Å². The highest BCUT2D eigenvalue weighted by atomic mass is 16.2. The number of amides is 4. The molecule has 4 amide bonds. The molecule has 0 aromatic carbocycles. The van der Waals surface area contributed by atoms with E-state index in [9.17, 15) is 14.4 Å². The summed E-state index contributed by atoms with van der Waals surface area (Å²) >= 11 is 0. The highest BCUT2D eigenvalue weighted by Crippen LogP contribution is 2.14. The van der Waals surface area contributed by atoms with Gasteiger partial charge in [0.25, 0.3) is 0 Å². The van der Waals surface area contributed by atoms with Crippen molar-refractivity contribution in [2.45, 2.75) is 47.0 Å². The van der Waals surface area contributed by atoms with Crippen molar-refractivity contribution in [1.82, 2.24) is 15.1 Å². The van der Waals surface area contributed by atoms with Crippen molar-refractivity contribution in [3.63, 3.8) is 0 Å². The van der Waals surface area contributed by atoms with Gasteiger partial charge in [0.2, 0.25) is 11.8 Å². The molecule has 1 rings (SSSR count). The number of nitrogens with one attached hydrogen (secondary N) is 1. The Bertz CT molecular complexity index is 486. The molecule has 0 spiro atoms. The number of aliphatic imine (C=N–C) groups is 1. The molecule has 7 nitrogen and oxygen atoms in total. The maximum atomic E-state index is 12.5. The molecule has 1 aliphatic heterocycles. The second kappa shape index (κ2) is 10.2. The number of hydrogen-bond acceptors (Lipinski definition) is 5. The predicted molar refractivity (Wildman–Crippen MR) is 94.0 cm³/mol. The fourth-order valence-corrected chi connectivity index (χ4v) is 2.69. The largest absolute Gasteiger partial charge is 0.330 e. The summed E-state index contributed by atoms with van der Waals surface area (Å²) in [6.45, 7) is 11.7. The zero-order valence-electron chi connectivity index (χ0n) is 15.3. The number of urea groups is 1. The first-order valence-corrected chi connectivity index (χ1v) is 8.85. The van der Waals surface area contributed by atoms with Gasteiger partial charge in [-0.2, -0.15) is 0 Å². The summed E-state index contributed by atoms with van der Waals surface area (Å²) in [4.78, 5) is 44.2. The standard InChI is InChI=1S/C17H30N4O3/c1-5-8-12-21-16(23)14(15(22)19-17(21)24)13(4)18-10-9-11-20(6-2)7-3/h14H,5-12H2,1-4H3,(H,19,22,24)/t14-/m0/s1. The first-order chi connectivity index (χ1) is 11.5. The number of hydrogen-bond donors (Lipinski definition) is 1. The molecular weight excluding hydrogens is 308 g/mol. The van der Waals surface area contributed by atoms with Crippen LogP contribution in [0.25, 0.3) is 0 Å². The molecule has 0 bridgehead atoms. The summed E-state index contributed by atoms with van der Waals surface area (Å²) in [5.41, 5.74) is 0.478. The van der Waals surface area contributed by atoms with Gasteiger partial charge in [0.1, 0.15) is 0 Å². The number of rotatable bonds is 10. The minimum absolute atomic E-state index is 0.334. The number of barbiturate groups is 1. The van der Waals surface area contributed by atoms with Gasteiger partial charge in [-0.1, -0.05) is 27.2 Å². The highest BCUT2D eigenvalue weighted by Gasteiger charge is 2.41. The van der Waals surface area contributed by atoms with Crippen LogP contribution in [0.1, 0.15) is 47.0 Å². The van der Waals surface area contributed by atoms with Crippen LogP contribution in [-0.4, -0.2) is 66.1 Å². The van der Waals surface area contributed by atoms with Crippen molar-refractivity contribution < 1.29 is 14.4 Å². The first kappa shape index (κ1) is 20.3. The second-order valence-corrected chi connectivity index (χ2v) is 5.97. The molecule has 0 aromatic rings. The van der Waals surface area contributed by atoms with E-state index in [0.717, 1.165) is 43.8 Å². The molecule has 0 radical (unpaired) electrons. The zero-order valence-corrected chi connectivity index (χ0v) is 15.3. The Kier molecular flexibility index (Phi) is 8.60. The van der Waals surface area contributed by atoms with E-state index in [1.165, 1.54) is 0 Å². The van der Waals surface area contributed by atoms with Gasteiger partial charge < -0.3 is 4.90 Å². The fraction of sp³-hybridized carbons (Fsp3) is 0.765. The van der Waals surface area contributed by atoms with Gasteiger partial charge in [-0.15, -0.1) is 0 Å². The lowest BCUT2D eigenvalue weighted by Gasteiger charge is -2.30. The fourth-order valence-electron chi connectivity index (χ4n) is 2.69. The van der Waals surface area contributed by atoms with E-state index in [1.54, 1.807) is 6.92 Å². The highest BCUT2D eigenvalue weighted by molar-refractivity contribution is 6.27. The van der Waals surface area contributed by atoms with Crippen LogP contribution in [-0.2, 0) is 9.59 Å². The summed E-state index contributed by atoms with van der Waals surface area (Å²) in [6, 6.07) is -0.621. The van der Waals surface area contributed by atoms with Gasteiger partial charge in [-0.05, 0) is 39.4 Å². The topological polar surface area (TPSA) is 82.1 Å². The van der Waals surface area contributed by atoms with E-state index in [-0.39, 0.29) is 0 Å². The predicted octanol–water partition coefficient (Wildman–Crippen LogP) is 1.67. The average Bonchev–Trinajstić information content (AvgIpc) is 2.54. The monoisotopic (exact) mass is 338 g/mol. The van der Waals surface area contributed by atoms with Crippen molar-refractivity contribution in [2.75, 3.05) is 32.7 Å². The van der Waals surface area contributed by atoms with Crippen LogP contribution in [0.2, 0.25) is 0 Å². The maximum absolute atomic E-state index is 12.5. The van der Waals surface area contributed by atoms with Crippen LogP contribution >= 0.6 is 0 Å². The SMILES string of the molecule is CCCCN1C(=O)NC(=O)[C@H](C(C)=NCCCN(CC)CC)C1=O. The van der Waals surface area contributed by atoms with Gasteiger partial charge in [-0.25, -0.2) is 4.79 Å². The summed E-state index contributed by atoms with van der Waals surface area (Å²) in [5.74, 6) is -2.00. The van der Waals surface area contributed by atoms with Crippen molar-refractivity contribution >= 4 is 23.6 Å². The van der Waals surface area contributed by atoms with Gasteiger partial charge >= 0.3 is 6.03 Å². The molecule has 1 heterocycles. The molecule has 7 heteroatoms. The van der Waals surface area contributed by atoms with E-state index < -0.39 is 23.8 Å². The van der Waals surface area contributed by atoms with Crippen molar-refractivity contribution in [1.29, 1.82) is 0 Å². The maximum Gasteiger partial charge on any atom is 0.330 e. The van der Waals surface area contributed by atoms with Gasteiger partial charge in [0.05, 0.1) is 0 Å². The molecule has 1 N–H and O–H groups in total. The second-order valence-electron chi connectivity index (χ2n) is 5.97. The Morgan fingerprint density at radius 1 is 1.17 bits per heavy atom. The minimum atomic E-state index is -0.979. The lowest BCUT2D eigenvalue weighted by atomic mass is 9.99. The smallest absolute Gasteiger partial charge is 0.304 e. The normalized spacial score (nSPS) is 19.2. The molecule has 0 aliphatic carbocycles. The third kappa shape index (κ3) is 5.40. The van der Waals surface area contributed by atoms with Crippen molar-refractivity contribution in [3.05, 3.63) is 0 Å². The molecule has 1 atom stereocenters. The molecule has 1 aliphatic rings. The number of imide groups is 2. The molecular formula is C17H30N4O3. The zero-order chi connectivity index (χ0) is 18.1. The first-order valence-electron chi connectivity index (χ1n) is 8.85. The van der Waals surface area contributed by atoms with Gasteiger partial charge in [0.15, 0.2) is 5.92 Å². The number of nitrogens with zero attached hydrogens (tertiary/aromatic N) is 3. The molecule has 0 aromatic heterocycles. The van der Waals surface area contributed by atoms with Gasteiger partial charge in [-0.3, -0.25) is 24.8 Å². The molecule has 0 unspecified atom stereocenters. The molecule has 1 saturated heterocycles. The quantitative estimate of drug-likeness (QED) is 0.373. The van der Waals surface area contributed by atoms with Crippen LogP contribution in [0, 0.1) is 5.92 Å². The van der Waals surface area contributed by atoms with E-state index in [1.807, 2.05) is 6.92 Å². The van der Waals surface area contributed by atoms with Crippen LogP contribution in [0.15, 0.2) is 4.99 Å². The van der Waals surface area contributed by atoms with Crippen LogP contribution in [0.5, 0.6) is 0 Å². The molecule has 0 saturated carbocycles. The summed E-state index contributed by atoms with van der Waals surface area (Å²) < 4.78 is 0. The third-order valence-corrected chi connectivity index (χ3v) is 4.29. The Labute approximate surface area is 144 Å². The Hall–Kier alpha value is -1.76. The number of unbranched alkanes of at least 4 members (excludes halogenated alkanes) is 1. The Morgan fingerprint density at radius 2 is 1.83 bits per heavy atom. The Balaban J connectivity index is 2.67. The van der Waals surface area contributed by atoms with Crippen molar-refractivity contribution in [2.24, 2.45) is 10.9 Å². The van der Waals surface area contributed by atoms with Crippen LogP contribution in [0.4, 0.5) is 4.79 Å². The number of carbonyl (C=O) groups is 3. The lowest BCUT2D eigenvalue weighted by Crippen LogP contribution is -2.59. The van der Waals surface area contributed by atoms with E-state index >= 15 is 0 Å².